The normalized spacial score (nSPS) is 13.6. The Morgan fingerprint density at radius 1 is 1.28 bits per heavy atom. The molecule has 2 heteroatoms. The van der Waals surface area contributed by atoms with Gasteiger partial charge in [-0.25, -0.2) is 0 Å². The molecule has 0 fully saturated rings. The fourth-order valence-electron chi connectivity index (χ4n) is 1.93. The van der Waals surface area contributed by atoms with Gasteiger partial charge in [-0.1, -0.05) is 37.6 Å². The topological polar surface area (TPSA) is 21.3 Å². The highest BCUT2D eigenvalue weighted by molar-refractivity contribution is 5.26. The van der Waals surface area contributed by atoms with Crippen molar-refractivity contribution in [3.8, 4) is 0 Å². The Kier molecular flexibility index (Phi) is 5.83. The second-order valence-electron chi connectivity index (χ2n) is 5.76. The van der Waals surface area contributed by atoms with Crippen LogP contribution in [-0.2, 0) is 11.2 Å². The number of hydrogen-bond acceptors (Lipinski definition) is 2. The average Bonchev–Trinajstić information content (AvgIpc) is 2.29. The third kappa shape index (κ3) is 5.19. The molecule has 0 spiro atoms. The maximum Gasteiger partial charge on any atom is 0.0668 e. The van der Waals surface area contributed by atoms with E-state index in [4.69, 9.17) is 4.74 Å². The van der Waals surface area contributed by atoms with Crippen LogP contribution in [0.25, 0.3) is 0 Å². The predicted octanol–water partition coefficient (Wildman–Crippen LogP) is 3.71. The van der Waals surface area contributed by atoms with Crippen molar-refractivity contribution in [2.45, 2.75) is 52.2 Å². The standard InChI is InChI=1S/C16H27NO/c1-6-8-13-9-7-10-14(11-13)15(17-5)12-18-16(2,3)4/h7,9-11,15,17H,6,8,12H2,1-5H3. The van der Waals surface area contributed by atoms with E-state index in [0.717, 1.165) is 6.42 Å². The number of benzene rings is 1. The van der Waals surface area contributed by atoms with Crippen molar-refractivity contribution in [2.24, 2.45) is 0 Å². The lowest BCUT2D eigenvalue weighted by Gasteiger charge is -2.24. The monoisotopic (exact) mass is 249 g/mol. The summed E-state index contributed by atoms with van der Waals surface area (Å²) in [5, 5.41) is 3.34. The summed E-state index contributed by atoms with van der Waals surface area (Å²) < 4.78 is 5.87. The van der Waals surface area contributed by atoms with E-state index in [1.54, 1.807) is 0 Å². The summed E-state index contributed by atoms with van der Waals surface area (Å²) in [5.41, 5.74) is 2.63. The highest BCUT2D eigenvalue weighted by Gasteiger charge is 2.15. The molecule has 0 aliphatic heterocycles. The molecule has 0 amide bonds. The van der Waals surface area contributed by atoms with Crippen LogP contribution in [0, 0.1) is 0 Å². The largest absolute Gasteiger partial charge is 0.374 e. The lowest BCUT2D eigenvalue weighted by molar-refractivity contribution is -0.0139. The van der Waals surface area contributed by atoms with E-state index in [1.807, 2.05) is 7.05 Å². The molecule has 1 unspecified atom stereocenters. The van der Waals surface area contributed by atoms with Crippen LogP contribution in [-0.4, -0.2) is 19.3 Å². The van der Waals surface area contributed by atoms with Crippen LogP contribution in [0.2, 0.25) is 0 Å². The van der Waals surface area contributed by atoms with Crippen LogP contribution in [0.5, 0.6) is 0 Å². The molecule has 0 aromatic heterocycles. The van der Waals surface area contributed by atoms with E-state index in [1.165, 1.54) is 17.5 Å². The Labute approximate surface area is 112 Å². The third-order valence-electron chi connectivity index (χ3n) is 2.92. The van der Waals surface area contributed by atoms with Crippen LogP contribution in [0.3, 0.4) is 0 Å². The van der Waals surface area contributed by atoms with E-state index >= 15 is 0 Å². The van der Waals surface area contributed by atoms with Gasteiger partial charge in [-0.2, -0.15) is 0 Å². The van der Waals surface area contributed by atoms with E-state index in [0.29, 0.717) is 6.61 Å². The van der Waals surface area contributed by atoms with Crippen LogP contribution < -0.4 is 5.32 Å². The lowest BCUT2D eigenvalue weighted by Crippen LogP contribution is -2.28. The van der Waals surface area contributed by atoms with Crippen LogP contribution in [0.4, 0.5) is 0 Å². The molecule has 0 aliphatic carbocycles. The summed E-state index contributed by atoms with van der Waals surface area (Å²) in [5.74, 6) is 0. The van der Waals surface area contributed by atoms with Gasteiger partial charge in [0, 0.05) is 0 Å². The van der Waals surface area contributed by atoms with Crippen molar-refractivity contribution in [3.63, 3.8) is 0 Å². The van der Waals surface area contributed by atoms with Crippen molar-refractivity contribution in [1.82, 2.24) is 5.32 Å². The quantitative estimate of drug-likeness (QED) is 0.829. The molecule has 18 heavy (non-hydrogen) atoms. The molecule has 102 valence electrons. The molecular formula is C16H27NO. The minimum atomic E-state index is -0.0872. The van der Waals surface area contributed by atoms with Gasteiger partial charge in [-0.05, 0) is 45.4 Å². The van der Waals surface area contributed by atoms with Gasteiger partial charge < -0.3 is 10.1 Å². The van der Waals surface area contributed by atoms with Gasteiger partial charge >= 0.3 is 0 Å². The second-order valence-corrected chi connectivity index (χ2v) is 5.76. The molecule has 2 nitrogen and oxygen atoms in total. The Morgan fingerprint density at radius 3 is 2.56 bits per heavy atom. The maximum atomic E-state index is 5.87. The van der Waals surface area contributed by atoms with Gasteiger partial charge in [0.05, 0.1) is 18.2 Å². The minimum Gasteiger partial charge on any atom is -0.374 e. The van der Waals surface area contributed by atoms with E-state index < -0.39 is 0 Å². The highest BCUT2D eigenvalue weighted by Crippen LogP contribution is 2.18. The predicted molar refractivity (Wildman–Crippen MR) is 77.9 cm³/mol. The lowest BCUT2D eigenvalue weighted by atomic mass is 10.0. The number of aryl methyl sites for hydroxylation is 1. The number of likely N-dealkylation sites (N-methyl/N-ethyl adjacent to an activating group) is 1. The van der Waals surface area contributed by atoms with Crippen molar-refractivity contribution < 1.29 is 4.74 Å². The van der Waals surface area contributed by atoms with Crippen molar-refractivity contribution in [3.05, 3.63) is 35.4 Å². The zero-order valence-corrected chi connectivity index (χ0v) is 12.4. The zero-order valence-electron chi connectivity index (χ0n) is 12.4. The Morgan fingerprint density at radius 2 is 2.00 bits per heavy atom. The zero-order chi connectivity index (χ0) is 13.6. The third-order valence-corrected chi connectivity index (χ3v) is 2.92. The summed E-state index contributed by atoms with van der Waals surface area (Å²) >= 11 is 0. The highest BCUT2D eigenvalue weighted by atomic mass is 16.5. The molecule has 0 bridgehead atoms. The number of hydrogen-bond donors (Lipinski definition) is 1. The molecule has 1 N–H and O–H groups in total. The molecular weight excluding hydrogens is 222 g/mol. The van der Waals surface area contributed by atoms with Crippen LogP contribution in [0.1, 0.15) is 51.3 Å². The van der Waals surface area contributed by atoms with Gasteiger partial charge in [0.2, 0.25) is 0 Å². The molecule has 0 saturated carbocycles. The smallest absolute Gasteiger partial charge is 0.0668 e. The SMILES string of the molecule is CCCc1cccc(C(COC(C)(C)C)NC)c1. The Bertz CT molecular complexity index is 354. The maximum absolute atomic E-state index is 5.87. The van der Waals surface area contributed by atoms with Gasteiger partial charge in [0.1, 0.15) is 0 Å². The molecule has 1 aromatic carbocycles. The molecule has 0 radical (unpaired) electrons. The summed E-state index contributed by atoms with van der Waals surface area (Å²) in [6.45, 7) is 9.19. The molecule has 1 aromatic rings. The molecule has 0 heterocycles. The van der Waals surface area contributed by atoms with E-state index in [9.17, 15) is 0 Å². The van der Waals surface area contributed by atoms with E-state index in [-0.39, 0.29) is 11.6 Å². The van der Waals surface area contributed by atoms with Gasteiger partial charge in [-0.3, -0.25) is 0 Å². The van der Waals surface area contributed by atoms with Crippen molar-refractivity contribution >= 4 is 0 Å². The minimum absolute atomic E-state index is 0.0872. The fraction of sp³-hybridized carbons (Fsp3) is 0.625. The number of nitrogens with one attached hydrogen (secondary N) is 1. The van der Waals surface area contributed by atoms with Crippen LogP contribution >= 0.6 is 0 Å². The van der Waals surface area contributed by atoms with Gasteiger partial charge in [-0.15, -0.1) is 0 Å². The average molecular weight is 249 g/mol. The van der Waals surface area contributed by atoms with Crippen molar-refractivity contribution in [2.75, 3.05) is 13.7 Å². The van der Waals surface area contributed by atoms with Crippen molar-refractivity contribution in [1.29, 1.82) is 0 Å². The Balaban J connectivity index is 2.72. The summed E-state index contributed by atoms with van der Waals surface area (Å²) in [7, 11) is 1.99. The first kappa shape index (κ1) is 15.2. The molecule has 1 atom stereocenters. The van der Waals surface area contributed by atoms with Crippen LogP contribution in [0.15, 0.2) is 24.3 Å². The van der Waals surface area contributed by atoms with Gasteiger partial charge in [0.15, 0.2) is 0 Å². The molecule has 1 rings (SSSR count). The first-order valence-electron chi connectivity index (χ1n) is 6.86. The second kappa shape index (κ2) is 6.91. The summed E-state index contributed by atoms with van der Waals surface area (Å²) in [4.78, 5) is 0. The first-order valence-corrected chi connectivity index (χ1v) is 6.86. The molecule has 0 saturated heterocycles. The van der Waals surface area contributed by atoms with Gasteiger partial charge in [0.25, 0.3) is 0 Å². The van der Waals surface area contributed by atoms with E-state index in [2.05, 4.69) is 57.3 Å². The number of rotatable bonds is 6. The number of ether oxygens (including phenoxy) is 1. The summed E-state index contributed by atoms with van der Waals surface area (Å²) in [6.07, 6.45) is 2.33. The Hall–Kier alpha value is -0.860. The fourth-order valence-corrected chi connectivity index (χ4v) is 1.93. The summed E-state index contributed by atoms with van der Waals surface area (Å²) in [6, 6.07) is 9.07. The first-order chi connectivity index (χ1) is 8.46. The molecule has 0 aliphatic rings.